The Hall–Kier alpha value is -1.11. The van der Waals surface area contributed by atoms with E-state index < -0.39 is 11.7 Å². The van der Waals surface area contributed by atoms with Gasteiger partial charge in [-0.2, -0.15) is 13.2 Å². The summed E-state index contributed by atoms with van der Waals surface area (Å²) in [5.74, 6) is 0. The molecule has 2 heterocycles. The van der Waals surface area contributed by atoms with Crippen LogP contribution in [0.25, 0.3) is 0 Å². The number of nitrogens with zero attached hydrogens (tertiary/aromatic N) is 1. The predicted octanol–water partition coefficient (Wildman–Crippen LogP) is 3.44. The molecule has 2 fully saturated rings. The minimum atomic E-state index is -4.30. The summed E-state index contributed by atoms with van der Waals surface area (Å²) in [5, 5.41) is 3.39. The minimum absolute atomic E-state index is 0.295. The molecular weight excluding hydrogens is 317 g/mol. The van der Waals surface area contributed by atoms with Crippen molar-refractivity contribution in [2.45, 2.75) is 50.5 Å². The zero-order chi connectivity index (χ0) is 17.0. The van der Waals surface area contributed by atoms with Crippen molar-refractivity contribution in [2.75, 3.05) is 26.3 Å². The monoisotopic (exact) mass is 342 g/mol. The number of rotatable bonds is 4. The Morgan fingerprint density at radius 2 is 1.83 bits per heavy atom. The van der Waals surface area contributed by atoms with Crippen LogP contribution in [0.2, 0.25) is 0 Å². The van der Waals surface area contributed by atoms with Crippen molar-refractivity contribution in [1.29, 1.82) is 0 Å². The van der Waals surface area contributed by atoms with Crippen LogP contribution in [0, 0.1) is 0 Å². The van der Waals surface area contributed by atoms with E-state index in [0.29, 0.717) is 37.4 Å². The molecule has 1 aromatic carbocycles. The molecule has 0 radical (unpaired) electrons. The van der Waals surface area contributed by atoms with Crippen molar-refractivity contribution in [3.63, 3.8) is 0 Å². The Morgan fingerprint density at radius 3 is 2.50 bits per heavy atom. The zero-order valence-corrected chi connectivity index (χ0v) is 13.8. The lowest BCUT2D eigenvalue weighted by molar-refractivity contribution is -0.138. The fourth-order valence-corrected chi connectivity index (χ4v) is 3.82. The molecule has 0 aliphatic carbocycles. The molecule has 0 amide bonds. The number of hydrogen-bond acceptors (Lipinski definition) is 3. The lowest BCUT2D eigenvalue weighted by atomic mass is 9.97. The maximum atomic E-state index is 13.3. The van der Waals surface area contributed by atoms with Gasteiger partial charge in [0.2, 0.25) is 0 Å². The van der Waals surface area contributed by atoms with Crippen molar-refractivity contribution in [2.24, 2.45) is 0 Å². The first kappa shape index (κ1) is 17.7. The van der Waals surface area contributed by atoms with E-state index in [1.54, 1.807) is 12.1 Å². The second-order valence-corrected chi connectivity index (χ2v) is 6.67. The van der Waals surface area contributed by atoms with Crippen LogP contribution in [0.4, 0.5) is 13.2 Å². The second kappa shape index (κ2) is 7.85. The molecule has 24 heavy (non-hydrogen) atoms. The SMILES string of the molecule is FC(F)(F)c1ccccc1CN(C1CCOCC1)[C@H]1CCCNC1. The molecule has 1 atom stereocenters. The third-order valence-corrected chi connectivity index (χ3v) is 5.08. The highest BCUT2D eigenvalue weighted by atomic mass is 19.4. The molecule has 3 rings (SSSR count). The van der Waals surface area contributed by atoms with Gasteiger partial charge in [-0.15, -0.1) is 0 Å². The number of ether oxygens (including phenoxy) is 1. The summed E-state index contributed by atoms with van der Waals surface area (Å²) >= 11 is 0. The Morgan fingerprint density at radius 1 is 1.08 bits per heavy atom. The molecule has 0 spiro atoms. The van der Waals surface area contributed by atoms with E-state index in [4.69, 9.17) is 4.74 Å². The van der Waals surface area contributed by atoms with Crippen molar-refractivity contribution in [3.8, 4) is 0 Å². The standard InChI is InChI=1S/C18H25F3N2O/c19-18(20,21)17-6-2-1-4-14(17)13-23(15-7-10-24-11-8-15)16-5-3-9-22-12-16/h1-2,4,6,15-16,22H,3,5,7-13H2/t16-/m0/s1. The van der Waals surface area contributed by atoms with Crippen LogP contribution in [0.1, 0.15) is 36.8 Å². The van der Waals surface area contributed by atoms with Gasteiger partial charge in [0.15, 0.2) is 0 Å². The molecule has 1 aromatic rings. The first-order valence-corrected chi connectivity index (χ1v) is 8.75. The molecule has 0 aromatic heterocycles. The highest BCUT2D eigenvalue weighted by molar-refractivity contribution is 5.29. The summed E-state index contributed by atoms with van der Waals surface area (Å²) < 4.78 is 45.4. The van der Waals surface area contributed by atoms with E-state index in [2.05, 4.69) is 10.2 Å². The average molecular weight is 342 g/mol. The normalized spacial score (nSPS) is 23.6. The Labute approximate surface area is 141 Å². The van der Waals surface area contributed by atoms with Crippen molar-refractivity contribution < 1.29 is 17.9 Å². The number of hydrogen-bond donors (Lipinski definition) is 1. The molecule has 2 aliphatic rings. The summed E-state index contributed by atoms with van der Waals surface area (Å²) in [7, 11) is 0. The second-order valence-electron chi connectivity index (χ2n) is 6.67. The predicted molar refractivity (Wildman–Crippen MR) is 86.7 cm³/mol. The summed E-state index contributed by atoms with van der Waals surface area (Å²) in [4.78, 5) is 2.29. The third-order valence-electron chi connectivity index (χ3n) is 5.08. The molecule has 0 saturated carbocycles. The quantitative estimate of drug-likeness (QED) is 0.907. The van der Waals surface area contributed by atoms with Gasteiger partial charge in [0.05, 0.1) is 5.56 Å². The average Bonchev–Trinajstić information content (AvgIpc) is 2.61. The molecule has 134 valence electrons. The van der Waals surface area contributed by atoms with Crippen LogP contribution >= 0.6 is 0 Å². The number of piperidine rings is 1. The summed E-state index contributed by atoms with van der Waals surface area (Å²) in [6, 6.07) is 6.56. The van der Waals surface area contributed by atoms with Crippen molar-refractivity contribution in [1.82, 2.24) is 10.2 Å². The number of nitrogens with one attached hydrogen (secondary N) is 1. The van der Waals surface area contributed by atoms with Crippen LogP contribution in [-0.2, 0) is 17.5 Å². The fourth-order valence-electron chi connectivity index (χ4n) is 3.82. The minimum Gasteiger partial charge on any atom is -0.381 e. The van der Waals surface area contributed by atoms with Gasteiger partial charge in [0.25, 0.3) is 0 Å². The number of halogens is 3. The van der Waals surface area contributed by atoms with Gasteiger partial charge in [0.1, 0.15) is 0 Å². The zero-order valence-electron chi connectivity index (χ0n) is 13.8. The van der Waals surface area contributed by atoms with Gasteiger partial charge in [-0.05, 0) is 43.9 Å². The van der Waals surface area contributed by atoms with E-state index in [1.165, 1.54) is 12.1 Å². The number of benzene rings is 1. The topological polar surface area (TPSA) is 24.5 Å². The van der Waals surface area contributed by atoms with E-state index in [-0.39, 0.29) is 0 Å². The largest absolute Gasteiger partial charge is 0.416 e. The summed E-state index contributed by atoms with van der Waals surface area (Å²) in [5.41, 5.74) is -0.132. The Balaban J connectivity index is 1.83. The molecule has 0 unspecified atom stereocenters. The van der Waals surface area contributed by atoms with Gasteiger partial charge in [-0.25, -0.2) is 0 Å². The molecule has 2 saturated heterocycles. The van der Waals surface area contributed by atoms with Crippen LogP contribution in [-0.4, -0.2) is 43.3 Å². The number of alkyl halides is 3. The fraction of sp³-hybridized carbons (Fsp3) is 0.667. The molecule has 3 nitrogen and oxygen atoms in total. The van der Waals surface area contributed by atoms with Gasteiger partial charge in [0, 0.05) is 38.4 Å². The lowest BCUT2D eigenvalue weighted by Crippen LogP contribution is -2.51. The van der Waals surface area contributed by atoms with Gasteiger partial charge >= 0.3 is 6.18 Å². The van der Waals surface area contributed by atoms with Gasteiger partial charge in [-0.3, -0.25) is 4.90 Å². The van der Waals surface area contributed by atoms with Gasteiger partial charge in [-0.1, -0.05) is 18.2 Å². The third kappa shape index (κ3) is 4.29. The van der Waals surface area contributed by atoms with Gasteiger partial charge < -0.3 is 10.1 Å². The molecule has 0 bridgehead atoms. The first-order valence-electron chi connectivity index (χ1n) is 8.75. The smallest absolute Gasteiger partial charge is 0.381 e. The first-order chi connectivity index (χ1) is 11.6. The van der Waals surface area contributed by atoms with E-state index >= 15 is 0 Å². The van der Waals surface area contributed by atoms with Crippen molar-refractivity contribution in [3.05, 3.63) is 35.4 Å². The van der Waals surface area contributed by atoms with Crippen molar-refractivity contribution >= 4 is 0 Å². The van der Waals surface area contributed by atoms with Crippen LogP contribution in [0.5, 0.6) is 0 Å². The van der Waals surface area contributed by atoms with Crippen LogP contribution < -0.4 is 5.32 Å². The van der Waals surface area contributed by atoms with E-state index in [0.717, 1.165) is 38.8 Å². The Kier molecular flexibility index (Phi) is 5.79. The Bertz CT molecular complexity index is 505. The molecular formula is C18H25F3N2O. The maximum absolute atomic E-state index is 13.3. The van der Waals surface area contributed by atoms with Crippen LogP contribution in [0.15, 0.2) is 24.3 Å². The maximum Gasteiger partial charge on any atom is 0.416 e. The highest BCUT2D eigenvalue weighted by Crippen LogP contribution is 2.33. The highest BCUT2D eigenvalue weighted by Gasteiger charge is 2.35. The van der Waals surface area contributed by atoms with Crippen LogP contribution in [0.3, 0.4) is 0 Å². The van der Waals surface area contributed by atoms with E-state index in [1.807, 2.05) is 0 Å². The summed E-state index contributed by atoms with van der Waals surface area (Å²) in [6.45, 7) is 3.60. The molecule has 6 heteroatoms. The molecule has 2 aliphatic heterocycles. The lowest BCUT2D eigenvalue weighted by Gasteiger charge is -2.42. The summed E-state index contributed by atoms with van der Waals surface area (Å²) in [6.07, 6.45) is -0.401. The molecule has 1 N–H and O–H groups in total. The van der Waals surface area contributed by atoms with E-state index in [9.17, 15) is 13.2 Å².